The molecule has 3 heterocycles. The number of amides is 2. The molecule has 9 heteroatoms. The molecule has 1 aromatic carbocycles. The number of anilines is 2. The number of fused-ring (bicyclic) bond motifs is 3. The molecule has 4 rings (SSSR count). The van der Waals surface area contributed by atoms with Gasteiger partial charge in [0, 0.05) is 50.2 Å². The Morgan fingerprint density at radius 3 is 2.45 bits per heavy atom. The van der Waals surface area contributed by atoms with Gasteiger partial charge in [0.2, 0.25) is 0 Å². The molecule has 0 radical (unpaired) electrons. The van der Waals surface area contributed by atoms with Crippen molar-refractivity contribution in [1.82, 2.24) is 9.97 Å². The van der Waals surface area contributed by atoms with Crippen LogP contribution in [0.25, 0.3) is 11.0 Å². The van der Waals surface area contributed by atoms with Crippen LogP contribution in [0.1, 0.15) is 58.6 Å². The Hall–Kier alpha value is -3.80. The minimum Gasteiger partial charge on any atom is -0.493 e. The molecule has 2 amide bonds. The topological polar surface area (TPSA) is 70.7 Å². The van der Waals surface area contributed by atoms with Gasteiger partial charge in [-0.1, -0.05) is 26.7 Å². The average molecular weight is 527 g/mol. The number of aromatic amines is 1. The first-order chi connectivity index (χ1) is 18.3. The number of methoxy groups -OCH3 is 2. The number of hydrogen-bond donors (Lipinski definition) is 1. The number of nitrogens with one attached hydrogen (secondary N) is 1. The van der Waals surface area contributed by atoms with Crippen LogP contribution in [-0.2, 0) is 13.0 Å². The van der Waals surface area contributed by atoms with Crippen LogP contribution in [0, 0.1) is 29.4 Å². The first kappa shape index (κ1) is 27.2. The van der Waals surface area contributed by atoms with Gasteiger partial charge >= 0.3 is 6.03 Å². The lowest BCUT2D eigenvalue weighted by Crippen LogP contribution is -2.46. The zero-order valence-electron chi connectivity index (χ0n) is 22.6. The highest BCUT2D eigenvalue weighted by molar-refractivity contribution is 6.11. The molecule has 0 saturated heterocycles. The Kier molecular flexibility index (Phi) is 8.40. The second kappa shape index (κ2) is 11.7. The first-order valence-electron chi connectivity index (χ1n) is 12.9. The summed E-state index contributed by atoms with van der Waals surface area (Å²) in [6.07, 6.45) is 7.46. The summed E-state index contributed by atoms with van der Waals surface area (Å²) in [4.78, 5) is 23.9. The minimum atomic E-state index is -0.973. The van der Waals surface area contributed by atoms with Crippen LogP contribution in [0.15, 0.2) is 18.3 Å². The van der Waals surface area contributed by atoms with Gasteiger partial charge in [0.15, 0.2) is 23.1 Å². The van der Waals surface area contributed by atoms with Crippen molar-refractivity contribution in [2.24, 2.45) is 5.92 Å². The molecule has 1 aliphatic heterocycles. The highest BCUT2D eigenvalue weighted by atomic mass is 19.1. The maximum absolute atomic E-state index is 15.2. The smallest absolute Gasteiger partial charge is 0.329 e. The molecule has 204 valence electrons. The van der Waals surface area contributed by atoms with E-state index in [1.807, 2.05) is 6.07 Å². The van der Waals surface area contributed by atoms with Gasteiger partial charge in [0.25, 0.3) is 0 Å². The van der Waals surface area contributed by atoms with E-state index in [2.05, 4.69) is 35.7 Å². The van der Waals surface area contributed by atoms with E-state index in [1.165, 1.54) is 19.1 Å². The predicted molar refractivity (Wildman–Crippen MR) is 147 cm³/mol. The lowest BCUT2D eigenvalue weighted by atomic mass is 9.93. The Labute approximate surface area is 223 Å². The number of nitrogens with zero attached hydrogens (tertiary/aromatic N) is 3. The van der Waals surface area contributed by atoms with Gasteiger partial charge in [0.1, 0.15) is 11.3 Å². The maximum Gasteiger partial charge on any atom is 0.329 e. The second-order valence-electron chi connectivity index (χ2n) is 9.48. The fourth-order valence-corrected chi connectivity index (χ4v) is 5.14. The van der Waals surface area contributed by atoms with E-state index in [9.17, 15) is 4.79 Å². The van der Waals surface area contributed by atoms with Crippen LogP contribution < -0.4 is 19.3 Å². The minimum absolute atomic E-state index is 0. The van der Waals surface area contributed by atoms with Crippen molar-refractivity contribution in [2.45, 2.75) is 58.9 Å². The van der Waals surface area contributed by atoms with Gasteiger partial charge in [-0.3, -0.25) is 9.80 Å². The molecule has 1 N–H and O–H groups in total. The fraction of sp³-hybridized carbons (Fsp3) is 0.448. The Morgan fingerprint density at radius 1 is 1.11 bits per heavy atom. The normalized spacial score (nSPS) is 13.8. The summed E-state index contributed by atoms with van der Waals surface area (Å²) in [6.45, 7) is 4.18. The molecule has 38 heavy (non-hydrogen) atoms. The zero-order chi connectivity index (χ0) is 27.4. The molecule has 7 nitrogen and oxygen atoms in total. The largest absolute Gasteiger partial charge is 0.493 e. The van der Waals surface area contributed by atoms with E-state index < -0.39 is 23.4 Å². The number of carbonyl (C=O) groups is 1. The zero-order valence-corrected chi connectivity index (χ0v) is 22.6. The van der Waals surface area contributed by atoms with E-state index in [0.717, 1.165) is 60.6 Å². The summed E-state index contributed by atoms with van der Waals surface area (Å²) in [6, 6.07) is 2.59. The van der Waals surface area contributed by atoms with Gasteiger partial charge < -0.3 is 14.5 Å². The van der Waals surface area contributed by atoms with Crippen molar-refractivity contribution in [3.05, 3.63) is 41.2 Å². The highest BCUT2D eigenvalue weighted by Gasteiger charge is 2.36. The van der Waals surface area contributed by atoms with Crippen molar-refractivity contribution in [3.8, 4) is 23.3 Å². The quantitative estimate of drug-likeness (QED) is 0.310. The molecular formula is C29H36F2N4O3. The molecule has 1 atom stereocenters. The van der Waals surface area contributed by atoms with Crippen molar-refractivity contribution in [2.75, 3.05) is 31.1 Å². The molecule has 3 aromatic rings. The number of H-pyrrole nitrogens is 1. The van der Waals surface area contributed by atoms with Crippen LogP contribution in [0.4, 0.5) is 25.0 Å². The first-order valence-corrected chi connectivity index (χ1v) is 12.9. The van der Waals surface area contributed by atoms with E-state index in [4.69, 9.17) is 9.47 Å². The summed E-state index contributed by atoms with van der Waals surface area (Å²) in [5, 5.41) is 0.804. The molecule has 1 aliphatic rings. The van der Waals surface area contributed by atoms with Gasteiger partial charge in [-0.15, -0.1) is 11.8 Å². The third kappa shape index (κ3) is 5.13. The third-order valence-electron chi connectivity index (χ3n) is 6.95. The number of hydrogen-bond acceptors (Lipinski definition) is 4. The van der Waals surface area contributed by atoms with Crippen LogP contribution in [0.2, 0.25) is 0 Å². The molecule has 2 aromatic heterocycles. The van der Waals surface area contributed by atoms with E-state index >= 15 is 8.78 Å². The van der Waals surface area contributed by atoms with E-state index in [-0.39, 0.29) is 19.5 Å². The van der Waals surface area contributed by atoms with Crippen LogP contribution in [0.5, 0.6) is 11.5 Å². The van der Waals surface area contributed by atoms with Crippen molar-refractivity contribution >= 4 is 28.4 Å². The van der Waals surface area contributed by atoms with E-state index in [0.29, 0.717) is 22.8 Å². The summed E-state index contributed by atoms with van der Waals surface area (Å²) in [7, 11) is 4.14. The van der Waals surface area contributed by atoms with Gasteiger partial charge in [0.05, 0.1) is 26.5 Å². The number of pyridine rings is 1. The van der Waals surface area contributed by atoms with Crippen molar-refractivity contribution in [3.63, 3.8) is 0 Å². The summed E-state index contributed by atoms with van der Waals surface area (Å²) < 4.78 is 40.6. The highest BCUT2D eigenvalue weighted by Crippen LogP contribution is 2.42. The molecule has 0 fully saturated rings. The van der Waals surface area contributed by atoms with Crippen molar-refractivity contribution in [1.29, 1.82) is 0 Å². The molecule has 0 spiro atoms. The Morgan fingerprint density at radius 2 is 1.82 bits per heavy atom. The summed E-state index contributed by atoms with van der Waals surface area (Å²) >= 11 is 0. The SMILES string of the molecule is CCC#CCCC(CCC)Cc1cc2c3c(cnc2[nH]1)CN(c1c(F)c(OC)cc(OC)c1F)C(=O)N3C.[HH]. The number of aromatic nitrogens is 2. The van der Waals surface area contributed by atoms with Gasteiger partial charge in [-0.05, 0) is 24.8 Å². The standard InChI is InChI=1S/C29H34F2N4O3.H2/c1-6-8-9-10-12-18(11-7-2)13-20-14-21-26-19(16-32-28(21)33-20)17-35(29(36)34(26)3)27-24(30)22(37-4)15-23(38-5)25(27)31;/h14-16,18H,6-7,10-13,17H2,1-5H3,(H,32,33);1H. The lowest BCUT2D eigenvalue weighted by molar-refractivity contribution is 0.250. The summed E-state index contributed by atoms with van der Waals surface area (Å²) in [5.41, 5.74) is 2.54. The summed E-state index contributed by atoms with van der Waals surface area (Å²) in [5.74, 6) is 4.48. The van der Waals surface area contributed by atoms with E-state index in [1.54, 1.807) is 13.2 Å². The fourth-order valence-electron chi connectivity index (χ4n) is 5.14. The van der Waals surface area contributed by atoms with Gasteiger partial charge in [-0.2, -0.15) is 0 Å². The molecule has 0 bridgehead atoms. The molecule has 0 saturated carbocycles. The molecule has 1 unspecified atom stereocenters. The monoisotopic (exact) mass is 526 g/mol. The third-order valence-corrected chi connectivity index (χ3v) is 6.95. The lowest BCUT2D eigenvalue weighted by Gasteiger charge is -2.35. The number of halogens is 2. The van der Waals surface area contributed by atoms with Crippen molar-refractivity contribution < 1.29 is 24.5 Å². The predicted octanol–water partition coefficient (Wildman–Crippen LogP) is 6.83. The number of ether oxygens (including phenoxy) is 2. The molecule has 0 aliphatic carbocycles. The number of carbonyl (C=O) groups excluding carboxylic acids is 1. The van der Waals surface area contributed by atoms with Crippen LogP contribution in [-0.4, -0.2) is 37.3 Å². The average Bonchev–Trinajstić information content (AvgIpc) is 3.32. The number of urea groups is 1. The maximum atomic E-state index is 15.2. The van der Waals surface area contributed by atoms with Crippen LogP contribution in [0.3, 0.4) is 0 Å². The Balaban J connectivity index is 0.00000420. The molecular weight excluding hydrogens is 490 g/mol. The van der Waals surface area contributed by atoms with Crippen LogP contribution >= 0.6 is 0 Å². The van der Waals surface area contributed by atoms with Gasteiger partial charge in [-0.25, -0.2) is 18.6 Å². The number of rotatable bonds is 9. The number of benzene rings is 1. The Bertz CT molecular complexity index is 1370. The second-order valence-corrected chi connectivity index (χ2v) is 9.48.